The predicted octanol–water partition coefficient (Wildman–Crippen LogP) is -0.266. The molecule has 1 aromatic rings. The van der Waals surface area contributed by atoms with E-state index in [-0.39, 0.29) is 65.7 Å². The SMILES string of the molecule is CC1=[C-]C(C)([Si](C)C)C(C)=C1C.CCCCc1cccc(C(N)=O)c1.[Cl-].[Cl-].[Zr+3]. The number of halogens is 2. The number of primary amides is 1. The first-order chi connectivity index (χ1) is 11.6. The summed E-state index contributed by atoms with van der Waals surface area (Å²) in [6, 6.07) is 7.53. The first-order valence-electron chi connectivity index (χ1n) is 9.12. The number of benzene rings is 1. The van der Waals surface area contributed by atoms with E-state index >= 15 is 0 Å². The fraction of sp³-hybridized carbons (Fsp3) is 0.500. The minimum atomic E-state index is -0.349. The average molecular weight is 518 g/mol. The van der Waals surface area contributed by atoms with Gasteiger partial charge in [0, 0.05) is 14.4 Å². The van der Waals surface area contributed by atoms with E-state index in [0.717, 1.165) is 12.8 Å². The van der Waals surface area contributed by atoms with Crippen molar-refractivity contribution >= 4 is 14.7 Å². The Morgan fingerprint density at radius 2 is 1.75 bits per heavy atom. The molecule has 1 atom stereocenters. The molecule has 2 radical (unpaired) electrons. The molecule has 0 saturated carbocycles. The van der Waals surface area contributed by atoms with Gasteiger partial charge in [-0.3, -0.25) is 10.9 Å². The van der Waals surface area contributed by atoms with Crippen LogP contribution in [-0.2, 0) is 32.6 Å². The van der Waals surface area contributed by atoms with Gasteiger partial charge in [0.25, 0.3) is 0 Å². The van der Waals surface area contributed by atoms with Crippen molar-refractivity contribution < 1.29 is 55.8 Å². The first-order valence-corrected chi connectivity index (χ1v) is 11.6. The Morgan fingerprint density at radius 3 is 2.11 bits per heavy atom. The van der Waals surface area contributed by atoms with Crippen LogP contribution in [0, 0.1) is 6.08 Å². The third-order valence-electron chi connectivity index (χ3n) is 5.34. The van der Waals surface area contributed by atoms with Crippen molar-refractivity contribution in [1.29, 1.82) is 0 Å². The summed E-state index contributed by atoms with van der Waals surface area (Å²) >= 11 is 0. The van der Waals surface area contributed by atoms with E-state index in [2.05, 4.69) is 53.8 Å². The Kier molecular flexibility index (Phi) is 17.2. The van der Waals surface area contributed by atoms with Crippen LogP contribution >= 0.6 is 0 Å². The molecule has 2 N–H and O–H groups in total. The first kappa shape index (κ1) is 32.5. The monoisotopic (exact) mass is 515 g/mol. The number of carbonyl (C=O) groups is 1. The van der Waals surface area contributed by atoms with Crippen LogP contribution in [0.2, 0.25) is 18.1 Å². The van der Waals surface area contributed by atoms with Crippen LogP contribution in [0.25, 0.3) is 0 Å². The third kappa shape index (κ3) is 8.69. The Balaban J connectivity index is -0.000000404. The van der Waals surface area contributed by atoms with Gasteiger partial charge in [-0.25, -0.2) is 5.57 Å². The van der Waals surface area contributed by atoms with Crippen LogP contribution in [-0.4, -0.2) is 14.7 Å². The molecule has 2 nitrogen and oxygen atoms in total. The molecule has 0 bridgehead atoms. The molecule has 0 fully saturated rings. The molecule has 1 unspecified atom stereocenters. The van der Waals surface area contributed by atoms with Gasteiger partial charge >= 0.3 is 26.2 Å². The molecular formula is C22H33Cl2NOSiZr. The van der Waals surface area contributed by atoms with Gasteiger partial charge < -0.3 is 30.5 Å². The zero-order valence-corrected chi connectivity index (χ0v) is 23.1. The Hall–Kier alpha value is -0.150. The molecule has 0 saturated heterocycles. The van der Waals surface area contributed by atoms with Crippen LogP contribution in [0.3, 0.4) is 0 Å². The number of allylic oxidation sites excluding steroid dienone is 4. The molecule has 2 rings (SSSR count). The molecule has 1 aromatic carbocycles. The van der Waals surface area contributed by atoms with Crippen molar-refractivity contribution in [2.24, 2.45) is 5.73 Å². The topological polar surface area (TPSA) is 43.1 Å². The molecule has 154 valence electrons. The Labute approximate surface area is 205 Å². The molecule has 0 aliphatic heterocycles. The fourth-order valence-corrected chi connectivity index (χ4v) is 4.35. The van der Waals surface area contributed by atoms with Crippen LogP contribution in [0.1, 0.15) is 63.4 Å². The zero-order valence-electron chi connectivity index (χ0n) is 18.2. The van der Waals surface area contributed by atoms with E-state index in [0.29, 0.717) is 10.6 Å². The summed E-state index contributed by atoms with van der Waals surface area (Å²) in [7, 11) is -0.314. The number of aryl methyl sites for hydroxylation is 1. The molecule has 1 aliphatic rings. The largest absolute Gasteiger partial charge is 3.00 e. The molecule has 6 heteroatoms. The van der Waals surface area contributed by atoms with Crippen molar-refractivity contribution in [2.75, 3.05) is 0 Å². The number of amides is 1. The van der Waals surface area contributed by atoms with Crippen LogP contribution < -0.4 is 30.5 Å². The molecule has 0 heterocycles. The summed E-state index contributed by atoms with van der Waals surface area (Å²) < 4.78 is 0. The van der Waals surface area contributed by atoms with Crippen molar-refractivity contribution in [3.8, 4) is 0 Å². The molecule has 28 heavy (non-hydrogen) atoms. The van der Waals surface area contributed by atoms with Crippen molar-refractivity contribution in [2.45, 2.75) is 72.0 Å². The molecule has 0 spiro atoms. The smallest absolute Gasteiger partial charge is 1.00 e. The van der Waals surface area contributed by atoms with E-state index in [4.69, 9.17) is 5.73 Å². The number of carbonyl (C=O) groups excluding carboxylic acids is 1. The predicted molar refractivity (Wildman–Crippen MR) is 110 cm³/mol. The second-order valence-electron chi connectivity index (χ2n) is 7.29. The Bertz CT molecular complexity index is 689. The van der Waals surface area contributed by atoms with Crippen LogP contribution in [0.15, 0.2) is 41.0 Å². The quantitative estimate of drug-likeness (QED) is 0.424. The maximum atomic E-state index is 10.8. The standard InChI is InChI=1S/C11H15NO.C11H18Si.2ClH.Zr/c1-2-3-5-9-6-4-7-10(8-9)11(12)13;1-8-7-11(4,12(5)6)10(3)9(8)2;;;/h4,6-8H,2-3,5H2,1H3,(H2,12,13);1-6H3;2*1H;/q;-1;;;+3/p-2. The molecule has 0 aromatic heterocycles. The fourth-order valence-electron chi connectivity index (χ4n) is 2.98. The molecular weight excluding hydrogens is 484 g/mol. The van der Waals surface area contributed by atoms with E-state index in [9.17, 15) is 4.79 Å². The van der Waals surface area contributed by atoms with E-state index in [1.807, 2.05) is 18.2 Å². The van der Waals surface area contributed by atoms with Gasteiger partial charge in [0.15, 0.2) is 0 Å². The summed E-state index contributed by atoms with van der Waals surface area (Å²) in [6.45, 7) is 15.9. The summed E-state index contributed by atoms with van der Waals surface area (Å²) in [5.41, 5.74) is 11.3. The van der Waals surface area contributed by atoms with Gasteiger partial charge in [0.1, 0.15) is 0 Å². The van der Waals surface area contributed by atoms with Crippen molar-refractivity contribution in [3.63, 3.8) is 0 Å². The summed E-state index contributed by atoms with van der Waals surface area (Å²) in [6.07, 6.45) is 6.96. The maximum Gasteiger partial charge on any atom is 3.00 e. The van der Waals surface area contributed by atoms with Gasteiger partial charge in [0.2, 0.25) is 5.91 Å². The zero-order chi connectivity index (χ0) is 19.2. The van der Waals surface area contributed by atoms with Crippen LogP contribution in [0.5, 0.6) is 0 Å². The summed E-state index contributed by atoms with van der Waals surface area (Å²) in [5.74, 6) is -0.349. The van der Waals surface area contributed by atoms with Crippen LogP contribution in [0.4, 0.5) is 0 Å². The van der Waals surface area contributed by atoms with Gasteiger partial charge in [-0.15, -0.1) is 6.92 Å². The Morgan fingerprint density at radius 1 is 1.18 bits per heavy atom. The number of hydrogen-bond acceptors (Lipinski definition) is 1. The van der Waals surface area contributed by atoms with E-state index < -0.39 is 0 Å². The average Bonchev–Trinajstić information content (AvgIpc) is 2.78. The normalized spacial score (nSPS) is 17.5. The van der Waals surface area contributed by atoms with E-state index in [1.165, 1.54) is 23.1 Å². The van der Waals surface area contributed by atoms with Gasteiger partial charge in [-0.05, 0) is 30.5 Å². The van der Waals surface area contributed by atoms with Gasteiger partial charge in [-0.1, -0.05) is 64.4 Å². The van der Waals surface area contributed by atoms with Gasteiger partial charge in [0.05, 0.1) is 0 Å². The van der Waals surface area contributed by atoms with Gasteiger partial charge in [-0.2, -0.15) is 11.1 Å². The summed E-state index contributed by atoms with van der Waals surface area (Å²) in [5, 5.41) is 0.291. The second kappa shape index (κ2) is 14.8. The minimum absolute atomic E-state index is 0. The maximum absolute atomic E-state index is 10.8. The number of unbranched alkanes of at least 4 members (excludes halogenated alkanes) is 1. The number of rotatable bonds is 5. The van der Waals surface area contributed by atoms with Crippen molar-refractivity contribution in [3.05, 3.63) is 58.2 Å². The second-order valence-corrected chi connectivity index (χ2v) is 10.3. The number of nitrogens with two attached hydrogens (primary N) is 1. The number of hydrogen-bond donors (Lipinski definition) is 1. The van der Waals surface area contributed by atoms with Crippen molar-refractivity contribution in [1.82, 2.24) is 0 Å². The summed E-state index contributed by atoms with van der Waals surface area (Å²) in [4.78, 5) is 10.8. The molecule has 1 aliphatic carbocycles. The van der Waals surface area contributed by atoms with E-state index in [1.54, 1.807) is 11.6 Å². The minimum Gasteiger partial charge on any atom is -1.00 e. The molecule has 1 amide bonds. The third-order valence-corrected chi connectivity index (χ3v) is 7.84.